The molecule has 3 aliphatic rings. The topological polar surface area (TPSA) is 40.5 Å². The summed E-state index contributed by atoms with van der Waals surface area (Å²) in [6.45, 7) is 2.22. The van der Waals surface area contributed by atoms with Crippen LogP contribution < -0.4 is 0 Å². The van der Waals surface area contributed by atoms with Gasteiger partial charge < -0.3 is 10.2 Å². The second kappa shape index (κ2) is 4.52. The second-order valence-electron chi connectivity index (χ2n) is 7.80. The van der Waals surface area contributed by atoms with Gasteiger partial charge in [-0.05, 0) is 79.5 Å². The zero-order chi connectivity index (χ0) is 15.5. The number of aliphatic hydroxyl groups is 1. The molecule has 2 saturated carbocycles. The van der Waals surface area contributed by atoms with E-state index in [4.69, 9.17) is 6.42 Å². The van der Waals surface area contributed by atoms with Gasteiger partial charge in [-0.15, -0.1) is 6.42 Å². The fourth-order valence-electron chi connectivity index (χ4n) is 5.82. The van der Waals surface area contributed by atoms with Gasteiger partial charge in [-0.3, -0.25) is 0 Å². The molecule has 0 heterocycles. The molecular weight excluding hydrogens is 274 g/mol. The Bertz CT molecular complexity index is 658. The highest BCUT2D eigenvalue weighted by Gasteiger charge is 2.61. The molecule has 0 bridgehead atoms. The molecule has 0 aromatic heterocycles. The van der Waals surface area contributed by atoms with Crippen LogP contribution in [-0.4, -0.2) is 15.8 Å². The van der Waals surface area contributed by atoms with Gasteiger partial charge in [-0.1, -0.05) is 18.9 Å². The Balaban J connectivity index is 1.72. The van der Waals surface area contributed by atoms with E-state index >= 15 is 0 Å². The Morgan fingerprint density at radius 2 is 2.05 bits per heavy atom. The van der Waals surface area contributed by atoms with Crippen LogP contribution in [0.5, 0.6) is 5.75 Å². The van der Waals surface area contributed by atoms with Gasteiger partial charge in [-0.25, -0.2) is 0 Å². The first-order valence-corrected chi connectivity index (χ1v) is 8.50. The van der Waals surface area contributed by atoms with Gasteiger partial charge in [0.05, 0.1) is 0 Å². The Hall–Kier alpha value is -1.46. The van der Waals surface area contributed by atoms with E-state index in [1.54, 1.807) is 0 Å². The molecule has 0 saturated heterocycles. The van der Waals surface area contributed by atoms with Crippen LogP contribution in [0, 0.1) is 29.6 Å². The Morgan fingerprint density at radius 3 is 2.82 bits per heavy atom. The molecule has 4 rings (SSSR count). The van der Waals surface area contributed by atoms with E-state index in [1.165, 1.54) is 11.1 Å². The van der Waals surface area contributed by atoms with Crippen LogP contribution >= 0.6 is 0 Å². The first kappa shape index (κ1) is 14.2. The minimum Gasteiger partial charge on any atom is -0.508 e. The molecule has 2 nitrogen and oxygen atoms in total. The largest absolute Gasteiger partial charge is 0.508 e. The molecule has 3 aliphatic carbocycles. The Kier molecular flexibility index (Phi) is 2.91. The highest BCUT2D eigenvalue weighted by Crippen LogP contribution is 2.64. The molecule has 1 aromatic carbocycles. The highest BCUT2D eigenvalue weighted by atomic mass is 16.3. The van der Waals surface area contributed by atoms with Crippen LogP contribution in [0.1, 0.15) is 56.1 Å². The lowest BCUT2D eigenvalue weighted by Gasteiger charge is -2.52. The first-order chi connectivity index (χ1) is 10.5. The summed E-state index contributed by atoms with van der Waals surface area (Å²) in [5.74, 6) is 4.82. The summed E-state index contributed by atoms with van der Waals surface area (Å²) in [4.78, 5) is 0. The third-order valence-electron chi connectivity index (χ3n) is 7.10. The predicted molar refractivity (Wildman–Crippen MR) is 86.5 cm³/mol. The van der Waals surface area contributed by atoms with Crippen molar-refractivity contribution in [1.29, 1.82) is 0 Å². The number of terminal acetylenes is 1. The maximum atomic E-state index is 10.9. The number of fused-ring (bicyclic) bond motifs is 5. The minimum atomic E-state index is -0.919. The summed E-state index contributed by atoms with van der Waals surface area (Å²) in [6.07, 6.45) is 11.8. The van der Waals surface area contributed by atoms with E-state index < -0.39 is 5.60 Å². The third-order valence-corrected chi connectivity index (χ3v) is 7.10. The third kappa shape index (κ3) is 1.66. The summed E-state index contributed by atoms with van der Waals surface area (Å²) in [7, 11) is 0. The lowest BCUT2D eigenvalue weighted by molar-refractivity contribution is -0.0646. The van der Waals surface area contributed by atoms with Crippen LogP contribution in [0.15, 0.2) is 18.2 Å². The van der Waals surface area contributed by atoms with Crippen LogP contribution in [0.2, 0.25) is 0 Å². The number of benzene rings is 1. The average molecular weight is 298 g/mol. The number of phenols is 1. The predicted octanol–water partition coefficient (Wildman–Crippen LogP) is 3.61. The number of hydrogen-bond acceptors (Lipinski definition) is 2. The van der Waals surface area contributed by atoms with Crippen LogP contribution in [0.25, 0.3) is 0 Å². The van der Waals surface area contributed by atoms with Gasteiger partial charge in [0.1, 0.15) is 11.4 Å². The molecule has 0 radical (unpaired) electrons. The van der Waals surface area contributed by atoms with Crippen molar-refractivity contribution < 1.29 is 10.2 Å². The van der Waals surface area contributed by atoms with E-state index in [9.17, 15) is 10.2 Å². The zero-order valence-electron chi connectivity index (χ0n) is 13.2. The molecule has 2 N–H and O–H groups in total. The molecule has 5 atom stereocenters. The maximum absolute atomic E-state index is 10.9. The molecule has 22 heavy (non-hydrogen) atoms. The summed E-state index contributed by atoms with van der Waals surface area (Å²) in [5, 5.41) is 20.6. The number of hydrogen-bond donors (Lipinski definition) is 2. The van der Waals surface area contributed by atoms with Gasteiger partial charge in [0.25, 0.3) is 0 Å². The van der Waals surface area contributed by atoms with E-state index in [1.807, 2.05) is 12.1 Å². The van der Waals surface area contributed by atoms with Crippen molar-refractivity contribution >= 4 is 0 Å². The van der Waals surface area contributed by atoms with Crippen molar-refractivity contribution in [3.8, 4) is 18.1 Å². The van der Waals surface area contributed by atoms with Gasteiger partial charge in [-0.2, -0.15) is 0 Å². The summed E-state index contributed by atoms with van der Waals surface area (Å²) in [5.41, 5.74) is 1.69. The number of aromatic hydroxyl groups is 1. The highest BCUT2D eigenvalue weighted by molar-refractivity contribution is 5.40. The average Bonchev–Trinajstić information content (AvgIpc) is 2.79. The van der Waals surface area contributed by atoms with E-state index in [2.05, 4.69) is 18.9 Å². The zero-order valence-corrected chi connectivity index (χ0v) is 13.2. The van der Waals surface area contributed by atoms with Crippen molar-refractivity contribution in [1.82, 2.24) is 0 Å². The van der Waals surface area contributed by atoms with E-state index in [-0.39, 0.29) is 5.41 Å². The lowest BCUT2D eigenvalue weighted by Crippen LogP contribution is -2.50. The molecule has 116 valence electrons. The standard InChI is InChI=1S/C20H24O2/c1-3-20(22)11-9-18-17-6-4-13-12-14(21)5-7-15(13)16(17)8-10-19(18,20)2/h1,5,7,12,16-18,21-22H,4,6,8-11H2,2H3/t16-,17-,18+,19+,20+/m1/s1/i1+1,3+1. The van der Waals surface area contributed by atoms with Crippen molar-refractivity contribution in [2.45, 2.75) is 57.0 Å². The van der Waals surface area contributed by atoms with Crippen molar-refractivity contribution in [3.63, 3.8) is 0 Å². The summed E-state index contributed by atoms with van der Waals surface area (Å²) >= 11 is 0. The van der Waals surface area contributed by atoms with Crippen LogP contribution in [0.3, 0.4) is 0 Å². The summed E-state index contributed by atoms with van der Waals surface area (Å²) < 4.78 is 0. The molecule has 2 heteroatoms. The van der Waals surface area contributed by atoms with Gasteiger partial charge in [0, 0.05) is 5.41 Å². The van der Waals surface area contributed by atoms with Gasteiger partial charge >= 0.3 is 0 Å². The molecular formula is C20H24O2. The van der Waals surface area contributed by atoms with E-state index in [0.717, 1.165) is 38.5 Å². The van der Waals surface area contributed by atoms with Crippen LogP contribution in [0.4, 0.5) is 0 Å². The number of rotatable bonds is 0. The van der Waals surface area contributed by atoms with Crippen molar-refractivity contribution in [3.05, 3.63) is 29.3 Å². The van der Waals surface area contributed by atoms with Crippen molar-refractivity contribution in [2.24, 2.45) is 17.3 Å². The van der Waals surface area contributed by atoms with Gasteiger partial charge in [0.15, 0.2) is 0 Å². The van der Waals surface area contributed by atoms with Crippen molar-refractivity contribution in [2.75, 3.05) is 0 Å². The molecule has 1 aromatic rings. The summed E-state index contributed by atoms with van der Waals surface area (Å²) in [6, 6.07) is 5.87. The normalized spacial score (nSPS) is 42.9. The second-order valence-corrected chi connectivity index (χ2v) is 7.80. The fourth-order valence-corrected chi connectivity index (χ4v) is 5.82. The molecule has 0 spiro atoms. The fraction of sp³-hybridized carbons (Fsp3) is 0.600. The maximum Gasteiger partial charge on any atom is 0.130 e. The molecule has 2 fully saturated rings. The molecule has 0 aliphatic heterocycles. The number of phenolic OH excluding ortho intramolecular Hbond substituents is 1. The Morgan fingerprint density at radius 1 is 1.23 bits per heavy atom. The van der Waals surface area contributed by atoms with E-state index in [0.29, 0.717) is 23.5 Å². The number of aryl methyl sites for hydroxylation is 1. The lowest BCUT2D eigenvalue weighted by atomic mass is 9.54. The molecule has 0 amide bonds. The Labute approximate surface area is 132 Å². The minimum absolute atomic E-state index is 0.128. The SMILES string of the molecule is C[C@]12CC[C@@H]3c4ccc(O)cc4CC[C@H]3[C@@H]1CC[C@@]2(O)[13C]#[13CH]. The van der Waals surface area contributed by atoms with Crippen LogP contribution in [-0.2, 0) is 6.42 Å². The van der Waals surface area contributed by atoms with Gasteiger partial charge in [0.2, 0.25) is 0 Å². The monoisotopic (exact) mass is 298 g/mol. The smallest absolute Gasteiger partial charge is 0.130 e. The first-order valence-electron chi connectivity index (χ1n) is 8.50. The quantitative estimate of drug-likeness (QED) is 0.567. The molecule has 0 unspecified atom stereocenters.